The molecule has 2 aliphatic heterocycles. The molecule has 0 radical (unpaired) electrons. The molecule has 132 valence electrons. The lowest BCUT2D eigenvalue weighted by Gasteiger charge is -2.41. The first-order valence-electron chi connectivity index (χ1n) is 8.83. The third-order valence-electron chi connectivity index (χ3n) is 5.56. The summed E-state index contributed by atoms with van der Waals surface area (Å²) >= 11 is 0. The molecule has 0 saturated carbocycles. The standard InChI is InChI=1S/C20H23FN2O2/c1-20(2)12-14-13-22(19(24)18-4-3-11-25-18)10-9-17(14)23(20)16-7-5-15(21)6-8-16/h3-8,11,14,17H,9-10,12-13H2,1-2H3/t14-,17+/m1/s1. The quantitative estimate of drug-likeness (QED) is 0.829. The number of fused-ring (bicyclic) bond motifs is 1. The van der Waals surface area contributed by atoms with Gasteiger partial charge in [0.15, 0.2) is 5.76 Å². The summed E-state index contributed by atoms with van der Waals surface area (Å²) in [6.45, 7) is 5.92. The monoisotopic (exact) mass is 342 g/mol. The number of anilines is 1. The zero-order valence-corrected chi connectivity index (χ0v) is 14.6. The van der Waals surface area contributed by atoms with Crippen LogP contribution in [0.3, 0.4) is 0 Å². The largest absolute Gasteiger partial charge is 0.459 e. The second-order valence-corrected chi connectivity index (χ2v) is 7.71. The summed E-state index contributed by atoms with van der Waals surface area (Å²) in [4.78, 5) is 16.9. The van der Waals surface area contributed by atoms with Crippen molar-refractivity contribution in [2.75, 3.05) is 18.0 Å². The van der Waals surface area contributed by atoms with Gasteiger partial charge >= 0.3 is 0 Å². The molecule has 3 heterocycles. The van der Waals surface area contributed by atoms with Gasteiger partial charge in [-0.25, -0.2) is 4.39 Å². The summed E-state index contributed by atoms with van der Waals surface area (Å²) in [5.41, 5.74) is 1.04. The lowest BCUT2D eigenvalue weighted by molar-refractivity contribution is 0.0635. The van der Waals surface area contributed by atoms with Crippen LogP contribution in [0.25, 0.3) is 0 Å². The van der Waals surface area contributed by atoms with Crippen LogP contribution in [-0.4, -0.2) is 35.5 Å². The van der Waals surface area contributed by atoms with E-state index in [1.165, 1.54) is 18.4 Å². The van der Waals surface area contributed by atoms with E-state index >= 15 is 0 Å². The fourth-order valence-corrected chi connectivity index (χ4v) is 4.63. The zero-order chi connectivity index (χ0) is 17.6. The minimum Gasteiger partial charge on any atom is -0.459 e. The molecule has 0 bridgehead atoms. The average molecular weight is 342 g/mol. The summed E-state index contributed by atoms with van der Waals surface area (Å²) in [6, 6.07) is 10.6. The van der Waals surface area contributed by atoms with Crippen LogP contribution in [0.2, 0.25) is 0 Å². The van der Waals surface area contributed by atoms with Gasteiger partial charge in [0.25, 0.3) is 5.91 Å². The maximum absolute atomic E-state index is 13.3. The number of piperidine rings is 1. The maximum atomic E-state index is 13.3. The van der Waals surface area contributed by atoms with Gasteiger partial charge in [0.2, 0.25) is 0 Å². The fourth-order valence-electron chi connectivity index (χ4n) is 4.63. The Morgan fingerprint density at radius 1 is 1.24 bits per heavy atom. The normalized spacial score (nSPS) is 25.1. The highest BCUT2D eigenvalue weighted by Crippen LogP contribution is 2.44. The molecule has 0 N–H and O–H groups in total. The highest BCUT2D eigenvalue weighted by atomic mass is 19.1. The number of nitrogens with zero attached hydrogens (tertiary/aromatic N) is 2. The SMILES string of the molecule is CC1(C)C[C@@H]2CN(C(=O)c3ccco3)CC[C@@H]2N1c1ccc(F)cc1. The Labute approximate surface area is 147 Å². The van der Waals surface area contributed by atoms with Crippen molar-refractivity contribution in [1.29, 1.82) is 0 Å². The molecule has 1 amide bonds. The number of furan rings is 1. The lowest BCUT2D eigenvalue weighted by atomic mass is 9.89. The van der Waals surface area contributed by atoms with Crippen molar-refractivity contribution in [3.8, 4) is 0 Å². The first kappa shape index (κ1) is 16.2. The molecule has 0 unspecified atom stereocenters. The third-order valence-corrected chi connectivity index (χ3v) is 5.56. The van der Waals surface area contributed by atoms with E-state index in [4.69, 9.17) is 4.42 Å². The smallest absolute Gasteiger partial charge is 0.289 e. The van der Waals surface area contributed by atoms with Crippen molar-refractivity contribution in [1.82, 2.24) is 4.90 Å². The van der Waals surface area contributed by atoms with Crippen LogP contribution >= 0.6 is 0 Å². The molecule has 4 rings (SSSR count). The molecule has 25 heavy (non-hydrogen) atoms. The third kappa shape index (κ3) is 2.81. The number of amides is 1. The number of hydrogen-bond acceptors (Lipinski definition) is 3. The van der Waals surface area contributed by atoms with Crippen LogP contribution in [0.15, 0.2) is 47.1 Å². The minimum atomic E-state index is -0.212. The molecular formula is C20H23FN2O2. The molecule has 1 aromatic carbocycles. The van der Waals surface area contributed by atoms with Crippen LogP contribution in [0.4, 0.5) is 10.1 Å². The van der Waals surface area contributed by atoms with Crippen LogP contribution in [-0.2, 0) is 0 Å². The summed E-state index contributed by atoms with van der Waals surface area (Å²) in [5.74, 6) is 0.580. The molecule has 4 nitrogen and oxygen atoms in total. The fraction of sp³-hybridized carbons (Fsp3) is 0.450. The topological polar surface area (TPSA) is 36.7 Å². The number of hydrogen-bond donors (Lipinski definition) is 0. The van der Waals surface area contributed by atoms with Crippen LogP contribution in [0, 0.1) is 11.7 Å². The molecule has 2 atom stereocenters. The summed E-state index contributed by atoms with van der Waals surface area (Å²) in [5, 5.41) is 0. The molecule has 5 heteroatoms. The van der Waals surface area contributed by atoms with Crippen molar-refractivity contribution in [2.45, 2.75) is 38.3 Å². The molecular weight excluding hydrogens is 319 g/mol. The van der Waals surface area contributed by atoms with Gasteiger partial charge in [-0.05, 0) is 69.0 Å². The first-order chi connectivity index (χ1) is 12.0. The van der Waals surface area contributed by atoms with E-state index in [1.54, 1.807) is 12.1 Å². The molecule has 0 spiro atoms. The molecule has 0 aliphatic carbocycles. The van der Waals surface area contributed by atoms with Crippen LogP contribution < -0.4 is 4.90 Å². The van der Waals surface area contributed by atoms with Crippen LogP contribution in [0.1, 0.15) is 37.2 Å². The van der Waals surface area contributed by atoms with Gasteiger partial charge in [-0.3, -0.25) is 4.79 Å². The lowest BCUT2D eigenvalue weighted by Crippen LogP contribution is -2.50. The number of benzene rings is 1. The Kier molecular flexibility index (Phi) is 3.82. The number of halogens is 1. The number of rotatable bonds is 2. The van der Waals surface area contributed by atoms with Gasteiger partial charge in [0, 0.05) is 30.4 Å². The average Bonchev–Trinajstić information content (AvgIpc) is 3.19. The van der Waals surface area contributed by atoms with Gasteiger partial charge < -0.3 is 14.2 Å². The van der Waals surface area contributed by atoms with Crippen molar-refractivity contribution in [3.05, 3.63) is 54.2 Å². The summed E-state index contributed by atoms with van der Waals surface area (Å²) < 4.78 is 18.6. The molecule has 1 aromatic heterocycles. The highest BCUT2D eigenvalue weighted by Gasteiger charge is 2.48. The molecule has 2 aliphatic rings. The predicted molar refractivity (Wildman–Crippen MR) is 94.1 cm³/mol. The van der Waals surface area contributed by atoms with E-state index in [2.05, 4.69) is 18.7 Å². The van der Waals surface area contributed by atoms with E-state index in [0.29, 0.717) is 24.3 Å². The molecule has 2 saturated heterocycles. The predicted octanol–water partition coefficient (Wildman–Crippen LogP) is 3.94. The minimum absolute atomic E-state index is 0.0170. The second kappa shape index (κ2) is 5.90. The Morgan fingerprint density at radius 2 is 2.00 bits per heavy atom. The first-order valence-corrected chi connectivity index (χ1v) is 8.83. The number of likely N-dealkylation sites (tertiary alicyclic amines) is 1. The zero-order valence-electron chi connectivity index (χ0n) is 14.6. The Hall–Kier alpha value is -2.30. The van der Waals surface area contributed by atoms with Gasteiger partial charge in [-0.1, -0.05) is 0 Å². The van der Waals surface area contributed by atoms with Crippen molar-refractivity contribution in [2.24, 2.45) is 5.92 Å². The van der Waals surface area contributed by atoms with Crippen molar-refractivity contribution in [3.63, 3.8) is 0 Å². The summed E-state index contributed by atoms with van der Waals surface area (Å²) in [6.07, 6.45) is 3.46. The van der Waals surface area contributed by atoms with Gasteiger partial charge in [0.05, 0.1) is 6.26 Å². The van der Waals surface area contributed by atoms with E-state index < -0.39 is 0 Å². The van der Waals surface area contributed by atoms with E-state index in [9.17, 15) is 9.18 Å². The number of carbonyl (C=O) groups excluding carboxylic acids is 1. The Morgan fingerprint density at radius 3 is 2.68 bits per heavy atom. The van der Waals surface area contributed by atoms with E-state index in [0.717, 1.165) is 25.1 Å². The Bertz CT molecular complexity index is 755. The maximum Gasteiger partial charge on any atom is 0.289 e. The van der Waals surface area contributed by atoms with Gasteiger partial charge in [-0.15, -0.1) is 0 Å². The van der Waals surface area contributed by atoms with E-state index in [-0.39, 0.29) is 17.3 Å². The van der Waals surface area contributed by atoms with Gasteiger partial charge in [0.1, 0.15) is 5.82 Å². The molecule has 2 fully saturated rings. The molecule has 2 aromatic rings. The van der Waals surface area contributed by atoms with Gasteiger partial charge in [-0.2, -0.15) is 0 Å². The second-order valence-electron chi connectivity index (χ2n) is 7.71. The van der Waals surface area contributed by atoms with Crippen molar-refractivity contribution < 1.29 is 13.6 Å². The van der Waals surface area contributed by atoms with Crippen molar-refractivity contribution >= 4 is 11.6 Å². The number of carbonyl (C=O) groups is 1. The highest BCUT2D eigenvalue weighted by molar-refractivity contribution is 5.91. The summed E-state index contributed by atoms with van der Waals surface area (Å²) in [7, 11) is 0. The van der Waals surface area contributed by atoms with Crippen LogP contribution in [0.5, 0.6) is 0 Å². The van der Waals surface area contributed by atoms with E-state index in [1.807, 2.05) is 17.0 Å². The Balaban J connectivity index is 1.55.